The summed E-state index contributed by atoms with van der Waals surface area (Å²) in [7, 11) is 1.67. The molecule has 1 aliphatic rings. The van der Waals surface area contributed by atoms with Crippen LogP contribution in [-0.4, -0.2) is 31.6 Å². The molecular weight excluding hydrogens is 240 g/mol. The molecule has 0 aliphatic carbocycles. The van der Waals surface area contributed by atoms with Crippen molar-refractivity contribution < 1.29 is 9.53 Å². The molecule has 0 spiro atoms. The van der Waals surface area contributed by atoms with E-state index in [1.54, 1.807) is 7.11 Å². The third-order valence-corrected chi connectivity index (χ3v) is 3.32. The Bertz CT molecular complexity index is 446. The Labute approximate surface area is 114 Å². The number of para-hydroxylation sites is 1. The second kappa shape index (κ2) is 6.17. The number of carbonyl (C=O) groups is 1. The maximum absolute atomic E-state index is 12.4. The third kappa shape index (κ3) is 3.14. The number of rotatable bonds is 5. The Kier molecular flexibility index (Phi) is 4.56. The molecule has 1 aliphatic heterocycles. The molecule has 1 atom stereocenters. The van der Waals surface area contributed by atoms with Crippen molar-refractivity contribution in [1.82, 2.24) is 5.32 Å². The van der Waals surface area contributed by atoms with Gasteiger partial charge in [0, 0.05) is 30.9 Å². The van der Waals surface area contributed by atoms with Gasteiger partial charge in [-0.1, -0.05) is 32.0 Å². The normalized spacial score (nSPS) is 19.5. The summed E-state index contributed by atoms with van der Waals surface area (Å²) in [6.45, 7) is 5.43. The van der Waals surface area contributed by atoms with Crippen LogP contribution < -0.4 is 10.2 Å². The molecule has 0 saturated carbocycles. The quantitative estimate of drug-likeness (QED) is 0.881. The standard InChI is InChI=1S/C15H22N2O2/c1-11(2)16-13-8-9-17(15(13)18)14-7-5-4-6-12(14)10-19-3/h4-7,11,13,16H,8-10H2,1-3H3. The van der Waals surface area contributed by atoms with Gasteiger partial charge in [-0.3, -0.25) is 4.79 Å². The fourth-order valence-corrected chi connectivity index (χ4v) is 2.53. The first-order chi connectivity index (χ1) is 9.13. The van der Waals surface area contributed by atoms with E-state index in [2.05, 4.69) is 19.2 Å². The molecule has 1 heterocycles. The lowest BCUT2D eigenvalue weighted by molar-refractivity contribution is -0.118. The molecule has 1 aromatic carbocycles. The Morgan fingerprint density at radius 3 is 2.84 bits per heavy atom. The molecule has 1 N–H and O–H groups in total. The second-order valence-electron chi connectivity index (χ2n) is 5.21. The van der Waals surface area contributed by atoms with Gasteiger partial charge in [0.15, 0.2) is 0 Å². The van der Waals surface area contributed by atoms with E-state index in [1.165, 1.54) is 0 Å². The summed E-state index contributed by atoms with van der Waals surface area (Å²) >= 11 is 0. The van der Waals surface area contributed by atoms with Crippen LogP contribution in [0.25, 0.3) is 0 Å². The summed E-state index contributed by atoms with van der Waals surface area (Å²) in [6.07, 6.45) is 0.859. The van der Waals surface area contributed by atoms with Crippen molar-refractivity contribution in [2.75, 3.05) is 18.6 Å². The highest BCUT2D eigenvalue weighted by molar-refractivity contribution is 6.00. The number of nitrogens with one attached hydrogen (secondary N) is 1. The van der Waals surface area contributed by atoms with E-state index in [4.69, 9.17) is 4.74 Å². The van der Waals surface area contributed by atoms with Crippen molar-refractivity contribution in [3.63, 3.8) is 0 Å². The zero-order valence-corrected chi connectivity index (χ0v) is 11.8. The average molecular weight is 262 g/mol. The van der Waals surface area contributed by atoms with Crippen LogP contribution in [0.2, 0.25) is 0 Å². The SMILES string of the molecule is COCc1ccccc1N1CCC(NC(C)C)C1=O. The minimum Gasteiger partial charge on any atom is -0.380 e. The summed E-state index contributed by atoms with van der Waals surface area (Å²) in [5.74, 6) is 0.164. The second-order valence-corrected chi connectivity index (χ2v) is 5.21. The Balaban J connectivity index is 2.17. The minimum absolute atomic E-state index is 0.0596. The molecular formula is C15H22N2O2. The Morgan fingerprint density at radius 1 is 1.42 bits per heavy atom. The van der Waals surface area contributed by atoms with Gasteiger partial charge >= 0.3 is 0 Å². The number of anilines is 1. The van der Waals surface area contributed by atoms with Crippen molar-refractivity contribution in [3.8, 4) is 0 Å². The summed E-state index contributed by atoms with van der Waals surface area (Å²) in [5, 5.41) is 3.32. The highest BCUT2D eigenvalue weighted by Crippen LogP contribution is 2.26. The molecule has 104 valence electrons. The van der Waals surface area contributed by atoms with E-state index in [1.807, 2.05) is 29.2 Å². The topological polar surface area (TPSA) is 41.6 Å². The van der Waals surface area contributed by atoms with Crippen molar-refractivity contribution in [2.24, 2.45) is 0 Å². The maximum atomic E-state index is 12.4. The number of ether oxygens (including phenoxy) is 1. The number of hydrogen-bond acceptors (Lipinski definition) is 3. The molecule has 0 bridgehead atoms. The molecule has 0 aromatic heterocycles. The summed E-state index contributed by atoms with van der Waals surface area (Å²) in [5.41, 5.74) is 2.03. The molecule has 1 amide bonds. The van der Waals surface area contributed by atoms with E-state index in [9.17, 15) is 4.79 Å². The van der Waals surface area contributed by atoms with Crippen LogP contribution in [0, 0.1) is 0 Å². The molecule has 0 radical (unpaired) electrons. The third-order valence-electron chi connectivity index (χ3n) is 3.32. The van der Waals surface area contributed by atoms with Gasteiger partial charge in [-0.05, 0) is 12.5 Å². The van der Waals surface area contributed by atoms with Crippen LogP contribution in [0.15, 0.2) is 24.3 Å². The van der Waals surface area contributed by atoms with Crippen LogP contribution in [0.1, 0.15) is 25.8 Å². The van der Waals surface area contributed by atoms with Crippen LogP contribution in [0.4, 0.5) is 5.69 Å². The van der Waals surface area contributed by atoms with Gasteiger partial charge in [0.05, 0.1) is 12.6 Å². The van der Waals surface area contributed by atoms with Crippen LogP contribution in [0.3, 0.4) is 0 Å². The van der Waals surface area contributed by atoms with E-state index < -0.39 is 0 Å². The number of nitrogens with zero attached hydrogens (tertiary/aromatic N) is 1. The molecule has 4 heteroatoms. The van der Waals surface area contributed by atoms with Crippen LogP contribution >= 0.6 is 0 Å². The van der Waals surface area contributed by atoms with E-state index >= 15 is 0 Å². The zero-order chi connectivity index (χ0) is 13.8. The highest BCUT2D eigenvalue weighted by Gasteiger charge is 2.33. The molecule has 1 aromatic rings. The van der Waals surface area contributed by atoms with E-state index in [0.717, 1.165) is 24.2 Å². The number of hydrogen-bond donors (Lipinski definition) is 1. The fraction of sp³-hybridized carbons (Fsp3) is 0.533. The van der Waals surface area contributed by atoms with Gasteiger partial charge in [0.2, 0.25) is 5.91 Å². The first-order valence-corrected chi connectivity index (χ1v) is 6.77. The molecule has 2 rings (SSSR count). The number of amides is 1. The first kappa shape index (κ1) is 14.0. The van der Waals surface area contributed by atoms with Crippen molar-refractivity contribution in [2.45, 2.75) is 39.0 Å². The molecule has 19 heavy (non-hydrogen) atoms. The van der Waals surface area contributed by atoms with Gasteiger partial charge in [-0.15, -0.1) is 0 Å². The Morgan fingerprint density at radius 2 is 2.16 bits per heavy atom. The zero-order valence-electron chi connectivity index (χ0n) is 11.8. The lowest BCUT2D eigenvalue weighted by Gasteiger charge is -2.21. The highest BCUT2D eigenvalue weighted by atomic mass is 16.5. The smallest absolute Gasteiger partial charge is 0.244 e. The Hall–Kier alpha value is -1.39. The molecule has 1 fully saturated rings. The summed E-state index contributed by atoms with van der Waals surface area (Å²) in [6, 6.07) is 8.20. The number of benzene rings is 1. The molecule has 1 unspecified atom stereocenters. The minimum atomic E-state index is -0.0596. The lowest BCUT2D eigenvalue weighted by Crippen LogP contribution is -2.41. The van der Waals surface area contributed by atoms with Crippen molar-refractivity contribution >= 4 is 11.6 Å². The van der Waals surface area contributed by atoms with Gasteiger partial charge < -0.3 is 15.0 Å². The number of carbonyl (C=O) groups excluding carboxylic acids is 1. The lowest BCUT2D eigenvalue weighted by atomic mass is 10.1. The van der Waals surface area contributed by atoms with Crippen LogP contribution in [0.5, 0.6) is 0 Å². The summed E-state index contributed by atoms with van der Waals surface area (Å²) in [4.78, 5) is 14.3. The van der Waals surface area contributed by atoms with E-state index in [-0.39, 0.29) is 11.9 Å². The van der Waals surface area contributed by atoms with Gasteiger partial charge in [-0.25, -0.2) is 0 Å². The number of methoxy groups -OCH3 is 1. The maximum Gasteiger partial charge on any atom is 0.244 e. The fourth-order valence-electron chi connectivity index (χ4n) is 2.53. The molecule has 1 saturated heterocycles. The predicted octanol–water partition coefficient (Wildman–Crippen LogP) is 1.94. The predicted molar refractivity (Wildman–Crippen MR) is 76.2 cm³/mol. The van der Waals surface area contributed by atoms with Crippen molar-refractivity contribution in [3.05, 3.63) is 29.8 Å². The van der Waals surface area contributed by atoms with Gasteiger partial charge in [-0.2, -0.15) is 0 Å². The largest absolute Gasteiger partial charge is 0.380 e. The summed E-state index contributed by atoms with van der Waals surface area (Å²) < 4.78 is 5.20. The van der Waals surface area contributed by atoms with Gasteiger partial charge in [0.25, 0.3) is 0 Å². The monoisotopic (exact) mass is 262 g/mol. The average Bonchev–Trinajstić information content (AvgIpc) is 2.72. The van der Waals surface area contributed by atoms with Crippen LogP contribution in [-0.2, 0) is 16.1 Å². The van der Waals surface area contributed by atoms with Gasteiger partial charge in [0.1, 0.15) is 0 Å². The van der Waals surface area contributed by atoms with E-state index in [0.29, 0.717) is 12.6 Å². The first-order valence-electron chi connectivity index (χ1n) is 6.77. The molecule has 4 nitrogen and oxygen atoms in total. The van der Waals surface area contributed by atoms with Crippen molar-refractivity contribution in [1.29, 1.82) is 0 Å².